The van der Waals surface area contributed by atoms with E-state index >= 15 is 0 Å². The molecule has 0 amide bonds. The van der Waals surface area contributed by atoms with Crippen LogP contribution in [0.2, 0.25) is 5.02 Å². The van der Waals surface area contributed by atoms with E-state index in [1.54, 1.807) is 0 Å². The smallest absolute Gasteiger partial charge is 0.0951 e. The van der Waals surface area contributed by atoms with E-state index in [-0.39, 0.29) is 0 Å². The number of nitrogens with one attached hydrogen (secondary N) is 1. The minimum atomic E-state index is 0.757. The molecule has 4 heteroatoms. The summed E-state index contributed by atoms with van der Waals surface area (Å²) in [6, 6.07) is 7.88. The number of hydrogen-bond donors (Lipinski definition) is 1. The highest BCUT2D eigenvalue weighted by Gasteiger charge is 2.10. The first-order chi connectivity index (χ1) is 8.22. The molecule has 0 atom stereocenters. The second kappa shape index (κ2) is 5.34. The van der Waals surface area contributed by atoms with E-state index < -0.39 is 0 Å². The number of likely N-dealkylation sites (N-methyl/N-ethyl adjacent to an activating group) is 1. The normalized spacial score (nSPS) is 10.8. The SMILES string of the molecule is CNCCc1ncn(C)c1-c1ccc(Cl)cc1. The van der Waals surface area contributed by atoms with Crippen LogP contribution in [0.5, 0.6) is 0 Å². The summed E-state index contributed by atoms with van der Waals surface area (Å²) in [5.74, 6) is 0. The predicted molar refractivity (Wildman–Crippen MR) is 71.3 cm³/mol. The molecule has 1 heterocycles. The van der Waals surface area contributed by atoms with E-state index in [4.69, 9.17) is 11.6 Å². The fourth-order valence-corrected chi connectivity index (χ4v) is 2.01. The zero-order valence-corrected chi connectivity index (χ0v) is 10.8. The summed E-state index contributed by atoms with van der Waals surface area (Å²) in [5, 5.41) is 3.90. The quantitative estimate of drug-likeness (QED) is 0.902. The maximum atomic E-state index is 5.90. The molecule has 0 saturated heterocycles. The van der Waals surface area contributed by atoms with E-state index in [9.17, 15) is 0 Å². The molecule has 0 spiro atoms. The summed E-state index contributed by atoms with van der Waals surface area (Å²) in [6.45, 7) is 0.928. The first kappa shape index (κ1) is 12.1. The van der Waals surface area contributed by atoms with Crippen molar-refractivity contribution in [3.63, 3.8) is 0 Å². The van der Waals surface area contributed by atoms with Crippen LogP contribution in [-0.4, -0.2) is 23.1 Å². The van der Waals surface area contributed by atoms with Gasteiger partial charge in [0.05, 0.1) is 17.7 Å². The number of nitrogens with zero attached hydrogens (tertiary/aromatic N) is 2. The fourth-order valence-electron chi connectivity index (χ4n) is 1.88. The summed E-state index contributed by atoms with van der Waals surface area (Å²) < 4.78 is 2.05. The lowest BCUT2D eigenvalue weighted by molar-refractivity contribution is 0.780. The summed E-state index contributed by atoms with van der Waals surface area (Å²) in [6.07, 6.45) is 2.78. The van der Waals surface area contributed by atoms with Crippen LogP contribution in [0.25, 0.3) is 11.3 Å². The molecule has 0 unspecified atom stereocenters. The van der Waals surface area contributed by atoms with Gasteiger partial charge in [-0.3, -0.25) is 0 Å². The fraction of sp³-hybridized carbons (Fsp3) is 0.308. The third-order valence-corrected chi connectivity index (χ3v) is 2.99. The summed E-state index contributed by atoms with van der Waals surface area (Å²) in [7, 11) is 3.96. The largest absolute Gasteiger partial charge is 0.334 e. The highest BCUT2D eigenvalue weighted by molar-refractivity contribution is 6.30. The Morgan fingerprint density at radius 3 is 2.65 bits per heavy atom. The molecular formula is C13H16ClN3. The molecule has 0 aliphatic carbocycles. The molecule has 2 rings (SSSR count). The number of hydrogen-bond acceptors (Lipinski definition) is 2. The number of halogens is 1. The lowest BCUT2D eigenvalue weighted by atomic mass is 10.1. The molecule has 0 aliphatic rings. The topological polar surface area (TPSA) is 29.9 Å². The van der Waals surface area contributed by atoms with Crippen LogP contribution in [0.1, 0.15) is 5.69 Å². The van der Waals surface area contributed by atoms with Gasteiger partial charge in [0.25, 0.3) is 0 Å². The van der Waals surface area contributed by atoms with Gasteiger partial charge >= 0.3 is 0 Å². The highest BCUT2D eigenvalue weighted by atomic mass is 35.5. The molecule has 2 aromatic rings. The van der Waals surface area contributed by atoms with E-state index in [0.29, 0.717) is 0 Å². The van der Waals surface area contributed by atoms with Crippen LogP contribution >= 0.6 is 11.6 Å². The maximum absolute atomic E-state index is 5.90. The van der Waals surface area contributed by atoms with Gasteiger partial charge in [0, 0.05) is 30.6 Å². The van der Waals surface area contributed by atoms with Crippen LogP contribution in [0.3, 0.4) is 0 Å². The van der Waals surface area contributed by atoms with Crippen molar-refractivity contribution < 1.29 is 0 Å². The Balaban J connectivity index is 2.36. The molecule has 1 N–H and O–H groups in total. The van der Waals surface area contributed by atoms with Crippen LogP contribution in [-0.2, 0) is 13.5 Å². The van der Waals surface area contributed by atoms with Crippen molar-refractivity contribution in [2.75, 3.05) is 13.6 Å². The van der Waals surface area contributed by atoms with Gasteiger partial charge < -0.3 is 9.88 Å². The first-order valence-electron chi connectivity index (χ1n) is 5.63. The van der Waals surface area contributed by atoms with Crippen LogP contribution in [0, 0.1) is 0 Å². The predicted octanol–water partition coefficient (Wildman–Crippen LogP) is 2.50. The third kappa shape index (κ3) is 2.68. The van der Waals surface area contributed by atoms with Crippen molar-refractivity contribution in [1.82, 2.24) is 14.9 Å². The summed E-state index contributed by atoms with van der Waals surface area (Å²) in [5.41, 5.74) is 3.43. The second-order valence-corrected chi connectivity index (χ2v) is 4.45. The van der Waals surface area contributed by atoms with Gasteiger partial charge in [-0.2, -0.15) is 0 Å². The Morgan fingerprint density at radius 2 is 2.00 bits per heavy atom. The van der Waals surface area contributed by atoms with Gasteiger partial charge in [0.2, 0.25) is 0 Å². The molecule has 1 aromatic carbocycles. The van der Waals surface area contributed by atoms with Crippen LogP contribution < -0.4 is 5.32 Å². The molecule has 0 bridgehead atoms. The number of benzene rings is 1. The lowest BCUT2D eigenvalue weighted by Gasteiger charge is -2.06. The third-order valence-electron chi connectivity index (χ3n) is 2.74. The molecule has 1 aromatic heterocycles. The zero-order valence-electron chi connectivity index (χ0n) is 10.1. The molecule has 0 radical (unpaired) electrons. The summed E-state index contributed by atoms with van der Waals surface area (Å²) >= 11 is 5.90. The monoisotopic (exact) mass is 249 g/mol. The Labute approximate surface area is 106 Å². The molecule has 0 aliphatic heterocycles. The van der Waals surface area contributed by atoms with Crippen molar-refractivity contribution in [2.24, 2.45) is 7.05 Å². The molecule has 0 saturated carbocycles. The molecule has 3 nitrogen and oxygen atoms in total. The zero-order chi connectivity index (χ0) is 12.3. The lowest BCUT2D eigenvalue weighted by Crippen LogP contribution is -2.11. The van der Waals surface area contributed by atoms with E-state index in [2.05, 4.69) is 10.3 Å². The minimum Gasteiger partial charge on any atom is -0.334 e. The molecular weight excluding hydrogens is 234 g/mol. The van der Waals surface area contributed by atoms with Crippen molar-refractivity contribution in [3.8, 4) is 11.3 Å². The van der Waals surface area contributed by atoms with Gasteiger partial charge in [0.15, 0.2) is 0 Å². The van der Waals surface area contributed by atoms with Crippen molar-refractivity contribution in [1.29, 1.82) is 0 Å². The van der Waals surface area contributed by atoms with Crippen molar-refractivity contribution >= 4 is 11.6 Å². The van der Waals surface area contributed by atoms with E-state index in [1.165, 1.54) is 0 Å². The van der Waals surface area contributed by atoms with Gasteiger partial charge in [0.1, 0.15) is 0 Å². The Kier molecular flexibility index (Phi) is 3.82. The van der Waals surface area contributed by atoms with Crippen LogP contribution in [0.15, 0.2) is 30.6 Å². The molecule has 17 heavy (non-hydrogen) atoms. The highest BCUT2D eigenvalue weighted by Crippen LogP contribution is 2.24. The van der Waals surface area contributed by atoms with Gasteiger partial charge in [-0.1, -0.05) is 23.7 Å². The van der Waals surface area contributed by atoms with E-state index in [0.717, 1.165) is 34.9 Å². The Morgan fingerprint density at radius 1 is 1.29 bits per heavy atom. The molecule has 90 valence electrons. The average Bonchev–Trinajstić information content (AvgIpc) is 2.69. The maximum Gasteiger partial charge on any atom is 0.0951 e. The van der Waals surface area contributed by atoms with E-state index in [1.807, 2.05) is 49.3 Å². The number of imidazole rings is 1. The van der Waals surface area contributed by atoms with Crippen molar-refractivity contribution in [3.05, 3.63) is 41.3 Å². The van der Waals surface area contributed by atoms with Crippen LogP contribution in [0.4, 0.5) is 0 Å². The molecule has 0 fully saturated rings. The Hall–Kier alpha value is -1.32. The van der Waals surface area contributed by atoms with Gasteiger partial charge in [-0.05, 0) is 19.2 Å². The Bertz CT molecular complexity index is 488. The summed E-state index contributed by atoms with van der Waals surface area (Å²) in [4.78, 5) is 4.44. The second-order valence-electron chi connectivity index (χ2n) is 4.01. The standard InChI is InChI=1S/C13H16ClN3/c1-15-8-7-12-13(17(2)9-16-12)10-3-5-11(14)6-4-10/h3-6,9,15H,7-8H2,1-2H3. The first-order valence-corrected chi connectivity index (χ1v) is 6.01. The number of rotatable bonds is 4. The minimum absolute atomic E-state index is 0.757. The average molecular weight is 250 g/mol. The number of aromatic nitrogens is 2. The van der Waals surface area contributed by atoms with Gasteiger partial charge in [-0.15, -0.1) is 0 Å². The number of aryl methyl sites for hydroxylation is 1. The van der Waals surface area contributed by atoms with Gasteiger partial charge in [-0.25, -0.2) is 4.98 Å². The van der Waals surface area contributed by atoms with Crippen molar-refractivity contribution in [2.45, 2.75) is 6.42 Å².